The van der Waals surface area contributed by atoms with E-state index in [9.17, 15) is 0 Å². The molecule has 0 spiro atoms. The monoisotopic (exact) mass is 252 g/mol. The third-order valence-electron chi connectivity index (χ3n) is 2.58. The second-order valence-electron chi connectivity index (χ2n) is 3.90. The van der Waals surface area contributed by atoms with E-state index >= 15 is 0 Å². The molecule has 90 valence electrons. The van der Waals surface area contributed by atoms with Gasteiger partial charge in [0, 0.05) is 18.7 Å². The maximum atomic E-state index is 5.88. The predicted octanol–water partition coefficient (Wildman–Crippen LogP) is 2.58. The lowest BCUT2D eigenvalue weighted by atomic mass is 10.2. The number of hydrogen-bond donors (Lipinski definition) is 0. The number of halogens is 1. The van der Waals surface area contributed by atoms with Crippen LogP contribution in [0.25, 0.3) is 0 Å². The molecule has 0 saturated carbocycles. The van der Waals surface area contributed by atoms with Gasteiger partial charge in [0.25, 0.3) is 0 Å². The van der Waals surface area contributed by atoms with Crippen LogP contribution in [0, 0.1) is 20.8 Å². The van der Waals surface area contributed by atoms with Crippen LogP contribution in [0.2, 0.25) is 5.15 Å². The average Bonchev–Trinajstić information content (AvgIpc) is 2.58. The lowest BCUT2D eigenvalue weighted by molar-refractivity contribution is 0.406. The Hall–Kier alpha value is -1.62. The first-order valence-electron chi connectivity index (χ1n) is 5.17. The number of rotatable bonds is 2. The van der Waals surface area contributed by atoms with Gasteiger partial charge >= 0.3 is 0 Å². The fourth-order valence-electron chi connectivity index (χ4n) is 1.43. The van der Waals surface area contributed by atoms with Gasteiger partial charge in [-0.1, -0.05) is 11.6 Å². The van der Waals surface area contributed by atoms with Crippen LogP contribution >= 0.6 is 11.6 Å². The van der Waals surface area contributed by atoms with Crippen molar-refractivity contribution in [3.63, 3.8) is 0 Å². The molecule has 2 aromatic heterocycles. The Bertz CT molecular complexity index is 565. The van der Waals surface area contributed by atoms with Gasteiger partial charge in [-0.15, -0.1) is 10.2 Å². The highest BCUT2D eigenvalue weighted by molar-refractivity contribution is 6.30. The van der Waals surface area contributed by atoms with Crippen molar-refractivity contribution < 1.29 is 4.74 Å². The maximum absolute atomic E-state index is 5.88. The highest BCUT2D eigenvalue weighted by atomic mass is 35.5. The molecular formula is C11H13ClN4O. The molecule has 17 heavy (non-hydrogen) atoms. The summed E-state index contributed by atoms with van der Waals surface area (Å²) in [7, 11) is 1.81. The summed E-state index contributed by atoms with van der Waals surface area (Å²) in [6, 6.07) is 1.84. The molecule has 6 heteroatoms. The minimum Gasteiger partial charge on any atom is -0.419 e. The van der Waals surface area contributed by atoms with Crippen LogP contribution in [0.3, 0.4) is 0 Å². The van der Waals surface area contributed by atoms with Gasteiger partial charge in [-0.2, -0.15) is 5.10 Å². The van der Waals surface area contributed by atoms with Crippen LogP contribution in [-0.4, -0.2) is 20.0 Å². The first-order chi connectivity index (χ1) is 7.99. The fraction of sp³-hybridized carbons (Fsp3) is 0.364. The zero-order valence-electron chi connectivity index (χ0n) is 10.2. The Morgan fingerprint density at radius 1 is 1.18 bits per heavy atom. The van der Waals surface area contributed by atoms with Gasteiger partial charge in [-0.05, 0) is 26.3 Å². The highest BCUT2D eigenvalue weighted by Gasteiger charge is 2.12. The van der Waals surface area contributed by atoms with E-state index < -0.39 is 0 Å². The highest BCUT2D eigenvalue weighted by Crippen LogP contribution is 2.26. The molecule has 0 N–H and O–H groups in total. The van der Waals surface area contributed by atoms with Gasteiger partial charge in [0.2, 0.25) is 11.8 Å². The van der Waals surface area contributed by atoms with E-state index in [-0.39, 0.29) is 0 Å². The van der Waals surface area contributed by atoms with E-state index in [0.29, 0.717) is 16.9 Å². The number of aryl methyl sites for hydroxylation is 2. The van der Waals surface area contributed by atoms with Gasteiger partial charge < -0.3 is 4.74 Å². The third kappa shape index (κ3) is 2.24. The Balaban J connectivity index is 2.37. The van der Waals surface area contributed by atoms with Crippen LogP contribution in [-0.2, 0) is 7.05 Å². The summed E-state index contributed by atoms with van der Waals surface area (Å²) in [5.74, 6) is 1.08. The van der Waals surface area contributed by atoms with Crippen molar-refractivity contribution in [1.82, 2.24) is 20.0 Å². The van der Waals surface area contributed by atoms with Crippen molar-refractivity contribution in [3.05, 3.63) is 28.0 Å². The van der Waals surface area contributed by atoms with Crippen molar-refractivity contribution in [2.24, 2.45) is 7.05 Å². The molecule has 0 fully saturated rings. The Morgan fingerprint density at radius 2 is 1.88 bits per heavy atom. The molecule has 0 saturated heterocycles. The smallest absolute Gasteiger partial charge is 0.244 e. The first kappa shape index (κ1) is 11.9. The van der Waals surface area contributed by atoms with Crippen molar-refractivity contribution >= 4 is 11.6 Å². The molecule has 0 atom stereocenters. The second-order valence-corrected chi connectivity index (χ2v) is 4.25. The van der Waals surface area contributed by atoms with E-state index in [4.69, 9.17) is 16.3 Å². The van der Waals surface area contributed by atoms with Crippen LogP contribution < -0.4 is 4.74 Å². The zero-order chi connectivity index (χ0) is 12.6. The van der Waals surface area contributed by atoms with Gasteiger partial charge in [-0.3, -0.25) is 0 Å². The molecule has 2 aromatic rings. The second kappa shape index (κ2) is 4.33. The first-order valence-corrected chi connectivity index (χ1v) is 5.54. The number of nitrogens with zero attached hydrogens (tertiary/aromatic N) is 4. The van der Waals surface area contributed by atoms with Crippen LogP contribution in [0.4, 0.5) is 0 Å². The molecule has 0 aliphatic carbocycles. The molecule has 2 rings (SSSR count). The van der Waals surface area contributed by atoms with Crippen LogP contribution in [0.1, 0.15) is 16.8 Å². The Morgan fingerprint density at radius 3 is 2.47 bits per heavy atom. The van der Waals surface area contributed by atoms with Gasteiger partial charge in [0.15, 0.2) is 5.15 Å². The van der Waals surface area contributed by atoms with Crippen LogP contribution in [0.5, 0.6) is 11.8 Å². The standard InChI is InChI=1S/C11H13ClN4O/c1-6-5-9(16(4)15-6)17-11-8(3)7(2)10(12)13-14-11/h5H,1-4H3. The van der Waals surface area contributed by atoms with Crippen molar-refractivity contribution in [1.29, 1.82) is 0 Å². The molecule has 0 bridgehead atoms. The molecule has 2 heterocycles. The minimum atomic E-state index is 0.399. The average molecular weight is 253 g/mol. The Kier molecular flexibility index (Phi) is 3.02. The lowest BCUT2D eigenvalue weighted by Gasteiger charge is -2.08. The van der Waals surface area contributed by atoms with E-state index in [1.807, 2.05) is 33.9 Å². The van der Waals surface area contributed by atoms with Gasteiger partial charge in [0.05, 0.1) is 5.69 Å². The summed E-state index contributed by atoms with van der Waals surface area (Å²) in [6.45, 7) is 5.68. The summed E-state index contributed by atoms with van der Waals surface area (Å²) >= 11 is 5.88. The number of ether oxygens (including phenoxy) is 1. The Labute approximate surface area is 104 Å². The summed E-state index contributed by atoms with van der Waals surface area (Å²) < 4.78 is 7.32. The van der Waals surface area contributed by atoms with Gasteiger partial charge in [-0.25, -0.2) is 4.68 Å². The number of hydrogen-bond acceptors (Lipinski definition) is 4. The normalized spacial score (nSPS) is 10.6. The fourth-order valence-corrected chi connectivity index (χ4v) is 1.61. The van der Waals surface area contributed by atoms with E-state index in [0.717, 1.165) is 16.8 Å². The van der Waals surface area contributed by atoms with Crippen LogP contribution in [0.15, 0.2) is 6.07 Å². The summed E-state index contributed by atoms with van der Waals surface area (Å²) in [5, 5.41) is 12.4. The molecule has 0 unspecified atom stereocenters. The number of aromatic nitrogens is 4. The predicted molar refractivity (Wildman–Crippen MR) is 64.5 cm³/mol. The van der Waals surface area contributed by atoms with E-state index in [2.05, 4.69) is 15.3 Å². The SMILES string of the molecule is Cc1cc(Oc2nnc(Cl)c(C)c2C)n(C)n1. The maximum Gasteiger partial charge on any atom is 0.244 e. The molecule has 0 aliphatic heterocycles. The summed E-state index contributed by atoms with van der Waals surface area (Å²) in [4.78, 5) is 0. The summed E-state index contributed by atoms with van der Waals surface area (Å²) in [5.41, 5.74) is 2.64. The molecule has 0 aliphatic rings. The largest absolute Gasteiger partial charge is 0.419 e. The molecular weight excluding hydrogens is 240 g/mol. The molecule has 0 amide bonds. The van der Waals surface area contributed by atoms with E-state index in [1.54, 1.807) is 4.68 Å². The van der Waals surface area contributed by atoms with Crippen molar-refractivity contribution in [3.8, 4) is 11.8 Å². The quantitative estimate of drug-likeness (QED) is 0.824. The zero-order valence-corrected chi connectivity index (χ0v) is 10.9. The van der Waals surface area contributed by atoms with Gasteiger partial charge in [0.1, 0.15) is 0 Å². The minimum absolute atomic E-state index is 0.399. The third-order valence-corrected chi connectivity index (χ3v) is 2.94. The molecule has 0 aromatic carbocycles. The van der Waals surface area contributed by atoms with Crippen molar-refractivity contribution in [2.75, 3.05) is 0 Å². The topological polar surface area (TPSA) is 52.8 Å². The molecule has 5 nitrogen and oxygen atoms in total. The molecule has 0 radical (unpaired) electrons. The van der Waals surface area contributed by atoms with Crippen molar-refractivity contribution in [2.45, 2.75) is 20.8 Å². The van der Waals surface area contributed by atoms with E-state index in [1.165, 1.54) is 0 Å². The summed E-state index contributed by atoms with van der Waals surface area (Å²) in [6.07, 6.45) is 0. The lowest BCUT2D eigenvalue weighted by Crippen LogP contribution is -2.01.